The first kappa shape index (κ1) is 10.6. The Morgan fingerprint density at radius 2 is 2.56 bits per heavy atom. The van der Waals surface area contributed by atoms with Gasteiger partial charge in [-0.3, -0.25) is 4.40 Å². The highest BCUT2D eigenvalue weighted by Gasteiger charge is 2.13. The van der Waals surface area contributed by atoms with Gasteiger partial charge in [0.15, 0.2) is 4.96 Å². The Morgan fingerprint density at radius 1 is 1.56 bits per heavy atom. The van der Waals surface area contributed by atoms with Crippen molar-refractivity contribution in [3.05, 3.63) is 23.5 Å². The van der Waals surface area contributed by atoms with Crippen LogP contribution >= 0.6 is 23.1 Å². The second-order valence-electron chi connectivity index (χ2n) is 4.12. The smallest absolute Gasteiger partial charge is 0.193 e. The highest BCUT2D eigenvalue weighted by Crippen LogP contribution is 2.17. The number of rotatable bonds is 3. The molecule has 1 aliphatic rings. The molecule has 3 heterocycles. The number of imidazole rings is 1. The number of aromatic nitrogens is 2. The van der Waals surface area contributed by atoms with Crippen LogP contribution in [0.25, 0.3) is 4.96 Å². The Kier molecular flexibility index (Phi) is 3.17. The molecule has 16 heavy (non-hydrogen) atoms. The molecule has 3 rings (SSSR count). The fourth-order valence-electron chi connectivity index (χ4n) is 2.01. The minimum absolute atomic E-state index is 0.679. The van der Waals surface area contributed by atoms with Crippen LogP contribution in [0.5, 0.6) is 0 Å². The van der Waals surface area contributed by atoms with E-state index in [1.165, 1.54) is 24.3 Å². The first-order chi connectivity index (χ1) is 7.92. The van der Waals surface area contributed by atoms with Gasteiger partial charge in [-0.1, -0.05) is 0 Å². The summed E-state index contributed by atoms with van der Waals surface area (Å²) in [6.07, 6.45) is 6.84. The van der Waals surface area contributed by atoms with Crippen LogP contribution in [0.1, 0.15) is 18.5 Å². The molecule has 0 aromatic carbocycles. The van der Waals surface area contributed by atoms with Crippen LogP contribution in [0, 0.1) is 0 Å². The molecule has 1 atom stereocenters. The molecule has 0 saturated carbocycles. The average molecular weight is 253 g/mol. The normalized spacial score (nSPS) is 21.6. The Morgan fingerprint density at radius 3 is 3.38 bits per heavy atom. The third-order valence-corrected chi connectivity index (χ3v) is 4.86. The van der Waals surface area contributed by atoms with Gasteiger partial charge in [-0.2, -0.15) is 11.8 Å². The molecule has 1 fully saturated rings. The van der Waals surface area contributed by atoms with Gasteiger partial charge >= 0.3 is 0 Å². The maximum absolute atomic E-state index is 4.57. The molecule has 1 aliphatic heterocycles. The summed E-state index contributed by atoms with van der Waals surface area (Å²) < 4.78 is 2.09. The van der Waals surface area contributed by atoms with Gasteiger partial charge in [0.05, 0.1) is 5.69 Å². The monoisotopic (exact) mass is 253 g/mol. The van der Waals surface area contributed by atoms with Crippen LogP contribution in [-0.4, -0.2) is 26.9 Å². The van der Waals surface area contributed by atoms with E-state index in [1.54, 1.807) is 11.3 Å². The molecule has 1 saturated heterocycles. The van der Waals surface area contributed by atoms with Crippen molar-refractivity contribution in [2.75, 3.05) is 11.5 Å². The molecule has 5 heteroatoms. The van der Waals surface area contributed by atoms with Crippen LogP contribution in [-0.2, 0) is 6.54 Å². The summed E-state index contributed by atoms with van der Waals surface area (Å²) in [5.74, 6) is 2.58. The van der Waals surface area contributed by atoms with E-state index >= 15 is 0 Å². The summed E-state index contributed by atoms with van der Waals surface area (Å²) in [5.41, 5.74) is 1.16. The largest absolute Gasteiger partial charge is 0.307 e. The molecule has 0 radical (unpaired) electrons. The van der Waals surface area contributed by atoms with Crippen molar-refractivity contribution >= 4 is 28.1 Å². The SMILES string of the molecule is c1cn2cc(CNC3CCCSC3)nc2s1. The summed E-state index contributed by atoms with van der Waals surface area (Å²) in [6, 6.07) is 0.679. The minimum Gasteiger partial charge on any atom is -0.307 e. The van der Waals surface area contributed by atoms with Gasteiger partial charge < -0.3 is 5.32 Å². The Hall–Kier alpha value is -0.520. The third-order valence-electron chi connectivity index (χ3n) is 2.88. The van der Waals surface area contributed by atoms with E-state index < -0.39 is 0 Å². The van der Waals surface area contributed by atoms with Crippen molar-refractivity contribution in [1.29, 1.82) is 0 Å². The molecular weight excluding hydrogens is 238 g/mol. The van der Waals surface area contributed by atoms with Crippen molar-refractivity contribution in [1.82, 2.24) is 14.7 Å². The van der Waals surface area contributed by atoms with Gasteiger partial charge in [0.25, 0.3) is 0 Å². The van der Waals surface area contributed by atoms with Crippen molar-refractivity contribution in [3.63, 3.8) is 0 Å². The predicted molar refractivity (Wildman–Crippen MR) is 70.3 cm³/mol. The van der Waals surface area contributed by atoms with Gasteiger partial charge in [-0.05, 0) is 18.6 Å². The zero-order valence-electron chi connectivity index (χ0n) is 9.06. The first-order valence-corrected chi connectivity index (χ1v) is 7.67. The van der Waals surface area contributed by atoms with Gasteiger partial charge in [-0.15, -0.1) is 11.3 Å². The highest BCUT2D eigenvalue weighted by molar-refractivity contribution is 7.99. The lowest BCUT2D eigenvalue weighted by Gasteiger charge is -2.21. The molecule has 86 valence electrons. The molecule has 0 aliphatic carbocycles. The number of nitrogens with one attached hydrogen (secondary N) is 1. The maximum Gasteiger partial charge on any atom is 0.193 e. The number of hydrogen-bond acceptors (Lipinski definition) is 4. The van der Waals surface area contributed by atoms with Crippen molar-refractivity contribution < 1.29 is 0 Å². The molecular formula is C11H15N3S2. The quantitative estimate of drug-likeness (QED) is 0.910. The number of nitrogens with zero attached hydrogens (tertiary/aromatic N) is 2. The molecule has 1 unspecified atom stereocenters. The van der Waals surface area contributed by atoms with Gasteiger partial charge in [0.1, 0.15) is 0 Å². The molecule has 1 N–H and O–H groups in total. The molecule has 0 bridgehead atoms. The van der Waals surface area contributed by atoms with Gasteiger partial charge in [0.2, 0.25) is 0 Å². The zero-order chi connectivity index (χ0) is 10.8. The van der Waals surface area contributed by atoms with E-state index in [1.807, 2.05) is 0 Å². The lowest BCUT2D eigenvalue weighted by molar-refractivity contribution is 0.504. The molecule has 3 nitrogen and oxygen atoms in total. The van der Waals surface area contributed by atoms with Crippen LogP contribution in [0.2, 0.25) is 0 Å². The summed E-state index contributed by atoms with van der Waals surface area (Å²) in [5, 5.41) is 5.66. The standard InChI is InChI=1S/C11H15N3S2/c1-2-9(8-15-4-1)12-6-10-7-14-3-5-16-11(14)13-10/h3,5,7,9,12H,1-2,4,6,8H2. The van der Waals surface area contributed by atoms with E-state index in [0.29, 0.717) is 6.04 Å². The fourth-order valence-corrected chi connectivity index (χ4v) is 3.84. The van der Waals surface area contributed by atoms with Crippen molar-refractivity contribution in [3.8, 4) is 0 Å². The number of thiazole rings is 1. The number of fused-ring (bicyclic) bond motifs is 1. The molecule has 0 spiro atoms. The first-order valence-electron chi connectivity index (χ1n) is 5.64. The van der Waals surface area contributed by atoms with Gasteiger partial charge in [-0.25, -0.2) is 4.98 Å². The zero-order valence-corrected chi connectivity index (χ0v) is 10.7. The summed E-state index contributed by atoms with van der Waals surface area (Å²) >= 11 is 3.75. The summed E-state index contributed by atoms with van der Waals surface area (Å²) in [6.45, 7) is 0.902. The van der Waals surface area contributed by atoms with E-state index in [4.69, 9.17) is 0 Å². The topological polar surface area (TPSA) is 29.3 Å². The predicted octanol–water partition coefficient (Wildman–Crippen LogP) is 2.38. The molecule has 2 aromatic rings. The van der Waals surface area contributed by atoms with Crippen LogP contribution < -0.4 is 5.32 Å². The lowest BCUT2D eigenvalue weighted by Crippen LogP contribution is -2.33. The van der Waals surface area contributed by atoms with E-state index in [0.717, 1.165) is 17.2 Å². The molecule has 0 amide bonds. The van der Waals surface area contributed by atoms with E-state index in [9.17, 15) is 0 Å². The van der Waals surface area contributed by atoms with E-state index in [-0.39, 0.29) is 0 Å². The molecule has 2 aromatic heterocycles. The van der Waals surface area contributed by atoms with Crippen LogP contribution in [0.15, 0.2) is 17.8 Å². The van der Waals surface area contributed by atoms with E-state index in [2.05, 4.69) is 44.2 Å². The summed E-state index contributed by atoms with van der Waals surface area (Å²) in [4.78, 5) is 5.66. The van der Waals surface area contributed by atoms with Gasteiger partial charge in [0, 0.05) is 36.1 Å². The Balaban J connectivity index is 1.59. The summed E-state index contributed by atoms with van der Waals surface area (Å²) in [7, 11) is 0. The van der Waals surface area contributed by atoms with Crippen molar-refractivity contribution in [2.45, 2.75) is 25.4 Å². The minimum atomic E-state index is 0.679. The fraction of sp³-hybridized carbons (Fsp3) is 0.545. The Bertz CT molecular complexity index is 428. The van der Waals surface area contributed by atoms with Crippen LogP contribution in [0.3, 0.4) is 0 Å². The Labute approximate surface area is 103 Å². The number of thioether (sulfide) groups is 1. The van der Waals surface area contributed by atoms with Crippen LogP contribution in [0.4, 0.5) is 0 Å². The van der Waals surface area contributed by atoms with Crippen molar-refractivity contribution in [2.24, 2.45) is 0 Å². The third kappa shape index (κ3) is 2.26. The number of hydrogen-bond donors (Lipinski definition) is 1. The second-order valence-corrected chi connectivity index (χ2v) is 6.14. The average Bonchev–Trinajstić information content (AvgIpc) is 2.88. The maximum atomic E-state index is 4.57. The second kappa shape index (κ2) is 4.77. The lowest BCUT2D eigenvalue weighted by atomic mass is 10.2. The highest BCUT2D eigenvalue weighted by atomic mass is 32.2.